The van der Waals surface area contributed by atoms with Crippen molar-refractivity contribution in [2.24, 2.45) is 0 Å². The summed E-state index contributed by atoms with van der Waals surface area (Å²) in [5, 5.41) is 3.94. The lowest BCUT2D eigenvalue weighted by Crippen LogP contribution is -2.53. The number of aromatic nitrogens is 2. The number of halogens is 4. The van der Waals surface area contributed by atoms with Gasteiger partial charge in [0.1, 0.15) is 5.02 Å². The van der Waals surface area contributed by atoms with E-state index in [0.29, 0.717) is 24.5 Å². The Morgan fingerprint density at radius 1 is 1.28 bits per heavy atom. The number of alkyl halides is 3. The molecule has 0 bridgehead atoms. The van der Waals surface area contributed by atoms with Gasteiger partial charge in [-0.2, -0.15) is 23.0 Å². The second kappa shape index (κ2) is 8.10. The molecule has 2 aromatic rings. The van der Waals surface area contributed by atoms with E-state index >= 15 is 0 Å². The number of hydrogen-bond acceptors (Lipinski definition) is 4. The predicted molar refractivity (Wildman–Crippen MR) is 108 cm³/mol. The van der Waals surface area contributed by atoms with E-state index < -0.39 is 32.8 Å². The van der Waals surface area contributed by atoms with Crippen molar-refractivity contribution in [2.75, 3.05) is 23.7 Å². The topological polar surface area (TPSA) is 55.2 Å². The van der Waals surface area contributed by atoms with Crippen LogP contribution in [0.1, 0.15) is 32.3 Å². The summed E-state index contributed by atoms with van der Waals surface area (Å²) in [4.78, 5) is 14.6. The van der Waals surface area contributed by atoms with E-state index in [1.165, 1.54) is 18.3 Å². The van der Waals surface area contributed by atoms with Gasteiger partial charge < -0.3 is 4.90 Å². The summed E-state index contributed by atoms with van der Waals surface area (Å²) < 4.78 is 51.9. The second-order valence-electron chi connectivity index (χ2n) is 6.97. The normalized spacial score (nSPS) is 19.4. The molecule has 1 saturated heterocycles. The third-order valence-electron chi connectivity index (χ3n) is 5.46. The molecular weight excluding hydrogens is 427 g/mol. The zero-order valence-corrected chi connectivity index (χ0v) is 17.6. The van der Waals surface area contributed by atoms with Gasteiger partial charge in [0.2, 0.25) is 0 Å². The minimum atomic E-state index is -4.53. The fourth-order valence-electron chi connectivity index (χ4n) is 3.55. The van der Waals surface area contributed by atoms with E-state index in [9.17, 15) is 22.2 Å². The third kappa shape index (κ3) is 4.07. The second-order valence-corrected chi connectivity index (χ2v) is 9.31. The van der Waals surface area contributed by atoms with Crippen LogP contribution >= 0.6 is 11.6 Å². The lowest BCUT2D eigenvalue weighted by atomic mass is 10.0. The number of hydrogen-bond donors (Lipinski definition) is 0. The van der Waals surface area contributed by atoms with E-state index in [-0.39, 0.29) is 10.7 Å². The van der Waals surface area contributed by atoms with Crippen LogP contribution in [0.2, 0.25) is 5.02 Å². The first-order valence-corrected chi connectivity index (χ1v) is 10.9. The first kappa shape index (κ1) is 21.8. The van der Waals surface area contributed by atoms with Crippen LogP contribution in [0.15, 0.2) is 35.3 Å². The van der Waals surface area contributed by atoms with Gasteiger partial charge in [-0.15, -0.1) is 0 Å². The van der Waals surface area contributed by atoms with Gasteiger partial charge >= 0.3 is 6.18 Å². The molecule has 0 spiro atoms. The Kier molecular flexibility index (Phi) is 6.10. The van der Waals surface area contributed by atoms with Crippen LogP contribution in [-0.4, -0.2) is 37.6 Å². The predicted octanol–water partition coefficient (Wildman–Crippen LogP) is 4.03. The van der Waals surface area contributed by atoms with Crippen LogP contribution in [0.4, 0.5) is 18.9 Å². The molecule has 1 aliphatic heterocycles. The standard InChI is InChI=1S/C19H21ClF3N3O2S/c1-3-18(4-2)12-25(8-9-29(18)28)15-11-24-26(17(27)16(15)20)14-7-5-6-13(10-14)19(21,22)23/h5-7,10-11H,3-4,8-9,12H2,1-2H3. The van der Waals surface area contributed by atoms with Crippen LogP contribution in [0.5, 0.6) is 0 Å². The van der Waals surface area contributed by atoms with E-state index in [2.05, 4.69) is 5.10 Å². The van der Waals surface area contributed by atoms with E-state index in [0.717, 1.165) is 29.7 Å². The molecule has 0 N–H and O–H groups in total. The van der Waals surface area contributed by atoms with Crippen molar-refractivity contribution in [3.05, 3.63) is 51.4 Å². The first-order chi connectivity index (χ1) is 13.6. The first-order valence-electron chi connectivity index (χ1n) is 9.22. The van der Waals surface area contributed by atoms with Gasteiger partial charge in [0.15, 0.2) is 0 Å². The van der Waals surface area contributed by atoms with Gasteiger partial charge in [-0.25, -0.2) is 0 Å². The molecule has 0 radical (unpaired) electrons. The summed E-state index contributed by atoms with van der Waals surface area (Å²) in [7, 11) is -0.983. The average Bonchev–Trinajstić information content (AvgIpc) is 2.70. The molecule has 1 fully saturated rings. The van der Waals surface area contributed by atoms with Gasteiger partial charge in [0.25, 0.3) is 5.56 Å². The largest absolute Gasteiger partial charge is 0.416 e. The summed E-state index contributed by atoms with van der Waals surface area (Å²) in [6.07, 6.45) is -1.71. The number of anilines is 1. The minimum Gasteiger partial charge on any atom is -0.366 e. The SMILES string of the molecule is CCC1(CC)CN(c2cnn(-c3cccc(C(F)(F)F)c3)c(=O)c2Cl)CCS1=O. The molecule has 158 valence electrons. The summed E-state index contributed by atoms with van der Waals surface area (Å²) in [5.74, 6) is 0.453. The van der Waals surface area contributed by atoms with Crippen molar-refractivity contribution < 1.29 is 17.4 Å². The third-order valence-corrected chi connectivity index (χ3v) is 8.04. The van der Waals surface area contributed by atoms with Gasteiger partial charge in [-0.1, -0.05) is 31.5 Å². The summed E-state index contributed by atoms with van der Waals surface area (Å²) in [6.45, 7) is 4.90. The highest BCUT2D eigenvalue weighted by atomic mass is 35.5. The van der Waals surface area contributed by atoms with Crippen LogP contribution in [-0.2, 0) is 17.0 Å². The van der Waals surface area contributed by atoms with Gasteiger partial charge in [-0.05, 0) is 31.0 Å². The lowest BCUT2D eigenvalue weighted by Gasteiger charge is -2.42. The molecule has 1 aromatic heterocycles. The zero-order chi connectivity index (χ0) is 21.4. The molecule has 10 heteroatoms. The fourth-order valence-corrected chi connectivity index (χ4v) is 5.56. The van der Waals surface area contributed by atoms with E-state index in [4.69, 9.17) is 11.6 Å². The molecule has 0 amide bonds. The fraction of sp³-hybridized carbons (Fsp3) is 0.474. The highest BCUT2D eigenvalue weighted by Gasteiger charge is 2.39. The summed E-state index contributed by atoms with van der Waals surface area (Å²) >= 11 is 6.31. The molecular formula is C19H21ClF3N3O2S. The highest BCUT2D eigenvalue weighted by Crippen LogP contribution is 2.33. The van der Waals surface area contributed by atoms with Crippen molar-refractivity contribution >= 4 is 28.1 Å². The van der Waals surface area contributed by atoms with Gasteiger partial charge in [0.05, 0.1) is 27.9 Å². The Labute approximate surface area is 173 Å². The smallest absolute Gasteiger partial charge is 0.366 e. The summed E-state index contributed by atoms with van der Waals surface area (Å²) in [5.41, 5.74) is -1.19. The van der Waals surface area contributed by atoms with Gasteiger partial charge in [0, 0.05) is 29.6 Å². The maximum atomic E-state index is 13.0. The monoisotopic (exact) mass is 447 g/mol. The Bertz CT molecular complexity index is 989. The van der Waals surface area contributed by atoms with Crippen molar-refractivity contribution in [3.8, 4) is 5.69 Å². The molecule has 3 rings (SSSR count). The number of benzene rings is 1. The molecule has 1 atom stereocenters. The summed E-state index contributed by atoms with van der Waals surface area (Å²) in [6, 6.07) is 4.36. The van der Waals surface area contributed by atoms with Crippen molar-refractivity contribution in [3.63, 3.8) is 0 Å². The minimum absolute atomic E-state index is 0.0190. The Morgan fingerprint density at radius 3 is 2.59 bits per heavy atom. The molecule has 1 aromatic carbocycles. The molecule has 0 aliphatic carbocycles. The molecule has 1 unspecified atom stereocenters. The van der Waals surface area contributed by atoms with Gasteiger partial charge in [-0.3, -0.25) is 9.00 Å². The molecule has 5 nitrogen and oxygen atoms in total. The maximum Gasteiger partial charge on any atom is 0.416 e. The van der Waals surface area contributed by atoms with Crippen LogP contribution in [0.25, 0.3) is 5.69 Å². The Balaban J connectivity index is 1.99. The molecule has 1 aliphatic rings. The van der Waals surface area contributed by atoms with E-state index in [1.54, 1.807) is 0 Å². The Morgan fingerprint density at radius 2 is 1.97 bits per heavy atom. The average molecular weight is 448 g/mol. The van der Waals surface area contributed by atoms with Crippen LogP contribution < -0.4 is 10.5 Å². The maximum absolute atomic E-state index is 13.0. The Hall–Kier alpha value is -1.87. The molecule has 2 heterocycles. The number of rotatable bonds is 4. The van der Waals surface area contributed by atoms with Crippen LogP contribution in [0.3, 0.4) is 0 Å². The quantitative estimate of drug-likeness (QED) is 0.710. The highest BCUT2D eigenvalue weighted by molar-refractivity contribution is 7.86. The van der Waals surface area contributed by atoms with E-state index in [1.807, 2.05) is 18.7 Å². The lowest BCUT2D eigenvalue weighted by molar-refractivity contribution is -0.137. The zero-order valence-electron chi connectivity index (χ0n) is 16.0. The molecule has 29 heavy (non-hydrogen) atoms. The van der Waals surface area contributed by atoms with Crippen LogP contribution in [0, 0.1) is 0 Å². The van der Waals surface area contributed by atoms with Crippen molar-refractivity contribution in [1.82, 2.24) is 9.78 Å². The van der Waals surface area contributed by atoms with Crippen molar-refractivity contribution in [1.29, 1.82) is 0 Å². The van der Waals surface area contributed by atoms with Crippen molar-refractivity contribution in [2.45, 2.75) is 37.6 Å². The number of nitrogens with zero attached hydrogens (tertiary/aromatic N) is 3. The molecule has 0 saturated carbocycles.